The van der Waals surface area contributed by atoms with Gasteiger partial charge in [-0.25, -0.2) is 4.79 Å². The summed E-state index contributed by atoms with van der Waals surface area (Å²) < 4.78 is 5.09. The lowest BCUT2D eigenvalue weighted by molar-refractivity contribution is 0.0527. The predicted octanol–water partition coefficient (Wildman–Crippen LogP) is 3.43. The average molecular weight is 363 g/mol. The van der Waals surface area contributed by atoms with Crippen LogP contribution in [-0.2, 0) is 11.3 Å². The van der Waals surface area contributed by atoms with Gasteiger partial charge in [-0.2, -0.15) is 10.1 Å². The molecule has 1 N–H and O–H groups in total. The van der Waals surface area contributed by atoms with Gasteiger partial charge in [-0.05, 0) is 24.6 Å². The van der Waals surface area contributed by atoms with Crippen LogP contribution < -0.4 is 10.2 Å². The number of rotatable bonds is 7. The Balaban J connectivity index is 1.78. The number of aromatic nitrogens is 3. The lowest BCUT2D eigenvalue weighted by Crippen LogP contribution is -2.19. The number of hydrogen-bond donors (Lipinski definition) is 1. The standard InChI is InChI=1S/C20H21N5O2/c1-3-27-19(26)16-11-7-8-12-17(16)22-20-23-18(13-21-24-20)25(2)14-15-9-5-4-6-10-15/h4-13H,3,14H2,1-2H3,(H,22,23,24). The fourth-order valence-electron chi connectivity index (χ4n) is 2.57. The van der Waals surface area contributed by atoms with Crippen molar-refractivity contribution in [2.45, 2.75) is 13.5 Å². The Morgan fingerprint density at radius 3 is 2.63 bits per heavy atom. The summed E-state index contributed by atoms with van der Waals surface area (Å²) in [5.41, 5.74) is 2.16. The first-order valence-corrected chi connectivity index (χ1v) is 8.65. The molecule has 2 aromatic carbocycles. The second-order valence-corrected chi connectivity index (χ2v) is 5.87. The number of benzene rings is 2. The van der Waals surface area contributed by atoms with E-state index in [1.54, 1.807) is 31.3 Å². The number of nitrogens with one attached hydrogen (secondary N) is 1. The molecule has 27 heavy (non-hydrogen) atoms. The van der Waals surface area contributed by atoms with E-state index in [1.807, 2.05) is 36.2 Å². The van der Waals surface area contributed by atoms with Crippen molar-refractivity contribution in [2.24, 2.45) is 0 Å². The number of para-hydroxylation sites is 1. The molecule has 0 atom stereocenters. The molecule has 0 aliphatic heterocycles. The third-order valence-electron chi connectivity index (χ3n) is 3.87. The zero-order valence-electron chi connectivity index (χ0n) is 15.3. The van der Waals surface area contributed by atoms with E-state index in [0.717, 1.165) is 0 Å². The molecule has 1 aromatic heterocycles. The zero-order chi connectivity index (χ0) is 19.1. The van der Waals surface area contributed by atoms with Crippen molar-refractivity contribution < 1.29 is 9.53 Å². The van der Waals surface area contributed by atoms with E-state index in [-0.39, 0.29) is 0 Å². The summed E-state index contributed by atoms with van der Waals surface area (Å²) >= 11 is 0. The summed E-state index contributed by atoms with van der Waals surface area (Å²) in [6, 6.07) is 17.2. The molecular formula is C20H21N5O2. The smallest absolute Gasteiger partial charge is 0.340 e. The van der Waals surface area contributed by atoms with E-state index in [1.165, 1.54) is 5.56 Å². The largest absolute Gasteiger partial charge is 0.462 e. The molecule has 0 amide bonds. The summed E-state index contributed by atoms with van der Waals surface area (Å²) in [4.78, 5) is 18.6. The summed E-state index contributed by atoms with van der Waals surface area (Å²) in [6.07, 6.45) is 1.60. The predicted molar refractivity (Wildman–Crippen MR) is 104 cm³/mol. The molecule has 7 nitrogen and oxygen atoms in total. The molecule has 1 heterocycles. The first kappa shape index (κ1) is 18.3. The van der Waals surface area contributed by atoms with Crippen LogP contribution in [0.1, 0.15) is 22.8 Å². The molecule has 0 unspecified atom stereocenters. The number of carbonyl (C=O) groups is 1. The van der Waals surface area contributed by atoms with Gasteiger partial charge in [0, 0.05) is 13.6 Å². The molecule has 0 spiro atoms. The normalized spacial score (nSPS) is 10.3. The van der Waals surface area contributed by atoms with Crippen molar-refractivity contribution >= 4 is 23.4 Å². The monoisotopic (exact) mass is 363 g/mol. The third-order valence-corrected chi connectivity index (χ3v) is 3.87. The summed E-state index contributed by atoms with van der Waals surface area (Å²) in [6.45, 7) is 2.77. The van der Waals surface area contributed by atoms with E-state index in [2.05, 4.69) is 32.6 Å². The van der Waals surface area contributed by atoms with Crippen LogP contribution in [0.5, 0.6) is 0 Å². The molecule has 0 saturated carbocycles. The molecule has 0 bridgehead atoms. The van der Waals surface area contributed by atoms with Crippen LogP contribution in [0, 0.1) is 0 Å². The topological polar surface area (TPSA) is 80.2 Å². The number of hydrogen-bond acceptors (Lipinski definition) is 7. The minimum atomic E-state index is -0.397. The Morgan fingerprint density at radius 2 is 1.85 bits per heavy atom. The highest BCUT2D eigenvalue weighted by Gasteiger charge is 2.13. The highest BCUT2D eigenvalue weighted by molar-refractivity contribution is 5.96. The van der Waals surface area contributed by atoms with Crippen LogP contribution >= 0.6 is 0 Å². The zero-order valence-corrected chi connectivity index (χ0v) is 15.3. The van der Waals surface area contributed by atoms with Gasteiger partial charge in [-0.15, -0.1) is 5.10 Å². The van der Waals surface area contributed by atoms with E-state index in [4.69, 9.17) is 4.74 Å². The van der Waals surface area contributed by atoms with Gasteiger partial charge < -0.3 is 15.0 Å². The van der Waals surface area contributed by atoms with Crippen molar-refractivity contribution in [3.63, 3.8) is 0 Å². The van der Waals surface area contributed by atoms with E-state index < -0.39 is 5.97 Å². The lowest BCUT2D eigenvalue weighted by atomic mass is 10.2. The number of esters is 1. The lowest BCUT2D eigenvalue weighted by Gasteiger charge is -2.18. The van der Waals surface area contributed by atoms with Gasteiger partial charge in [-0.1, -0.05) is 42.5 Å². The molecule has 138 valence electrons. The SMILES string of the molecule is CCOC(=O)c1ccccc1Nc1nncc(N(C)Cc2ccccc2)n1. The maximum absolute atomic E-state index is 12.1. The van der Waals surface area contributed by atoms with Crippen molar-refractivity contribution in [3.8, 4) is 0 Å². The maximum atomic E-state index is 12.1. The van der Waals surface area contributed by atoms with Crippen molar-refractivity contribution in [1.82, 2.24) is 15.2 Å². The van der Waals surface area contributed by atoms with Crippen molar-refractivity contribution in [1.29, 1.82) is 0 Å². The summed E-state index contributed by atoms with van der Waals surface area (Å²) in [7, 11) is 1.94. The van der Waals surface area contributed by atoms with Gasteiger partial charge in [0.2, 0.25) is 5.95 Å². The average Bonchev–Trinajstić information content (AvgIpc) is 2.69. The second kappa shape index (κ2) is 8.75. The molecular weight excluding hydrogens is 342 g/mol. The third kappa shape index (κ3) is 4.78. The van der Waals surface area contributed by atoms with Crippen LogP contribution in [0.2, 0.25) is 0 Å². The van der Waals surface area contributed by atoms with Gasteiger partial charge in [0.05, 0.1) is 24.1 Å². The molecule has 7 heteroatoms. The Hall–Kier alpha value is -3.48. The van der Waals surface area contributed by atoms with Crippen LogP contribution in [0.15, 0.2) is 60.8 Å². The molecule has 0 aliphatic carbocycles. The molecule has 3 rings (SSSR count). The molecule has 0 radical (unpaired) electrons. The highest BCUT2D eigenvalue weighted by Crippen LogP contribution is 2.20. The maximum Gasteiger partial charge on any atom is 0.340 e. The molecule has 0 saturated heterocycles. The number of carbonyl (C=O) groups excluding carboxylic acids is 1. The molecule has 0 fully saturated rings. The fourth-order valence-corrected chi connectivity index (χ4v) is 2.57. The van der Waals surface area contributed by atoms with Crippen molar-refractivity contribution in [3.05, 3.63) is 71.9 Å². The summed E-state index contributed by atoms with van der Waals surface area (Å²) in [5, 5.41) is 11.1. The minimum Gasteiger partial charge on any atom is -0.462 e. The van der Waals surface area contributed by atoms with Crippen LogP contribution in [0.3, 0.4) is 0 Å². The Morgan fingerprint density at radius 1 is 1.11 bits per heavy atom. The van der Waals surface area contributed by atoms with Crippen LogP contribution in [0.25, 0.3) is 0 Å². The van der Waals surface area contributed by atoms with E-state index >= 15 is 0 Å². The Labute approximate surface area is 158 Å². The highest BCUT2D eigenvalue weighted by atomic mass is 16.5. The van der Waals surface area contributed by atoms with Crippen molar-refractivity contribution in [2.75, 3.05) is 23.9 Å². The first-order chi connectivity index (χ1) is 13.2. The quantitative estimate of drug-likeness (QED) is 0.644. The first-order valence-electron chi connectivity index (χ1n) is 8.65. The van der Waals surface area contributed by atoms with E-state index in [0.29, 0.717) is 36.2 Å². The fraction of sp³-hybridized carbons (Fsp3) is 0.200. The molecule has 0 aliphatic rings. The van der Waals surface area contributed by atoms with Crippen LogP contribution in [0.4, 0.5) is 17.5 Å². The molecule has 3 aromatic rings. The second-order valence-electron chi connectivity index (χ2n) is 5.87. The van der Waals surface area contributed by atoms with Gasteiger partial charge in [0.1, 0.15) is 0 Å². The number of anilines is 3. The Bertz CT molecular complexity index is 902. The van der Waals surface area contributed by atoms with E-state index in [9.17, 15) is 4.79 Å². The Kier molecular flexibility index (Phi) is 5.94. The van der Waals surface area contributed by atoms with Gasteiger partial charge in [0.25, 0.3) is 0 Å². The number of ether oxygens (including phenoxy) is 1. The summed E-state index contributed by atoms with van der Waals surface area (Å²) in [5.74, 6) is 0.583. The minimum absolute atomic E-state index is 0.309. The van der Waals surface area contributed by atoms with Gasteiger partial charge in [0.15, 0.2) is 5.82 Å². The van der Waals surface area contributed by atoms with Gasteiger partial charge >= 0.3 is 5.97 Å². The number of nitrogens with zero attached hydrogens (tertiary/aromatic N) is 4. The van der Waals surface area contributed by atoms with Gasteiger partial charge in [-0.3, -0.25) is 0 Å². The van der Waals surface area contributed by atoms with Crippen LogP contribution in [-0.4, -0.2) is 34.8 Å².